The Balaban J connectivity index is 1.71. The van der Waals surface area contributed by atoms with Crippen LogP contribution in [0.3, 0.4) is 0 Å². The van der Waals surface area contributed by atoms with E-state index in [-0.39, 0.29) is 5.91 Å². The molecule has 20 heavy (non-hydrogen) atoms. The molecule has 3 nitrogen and oxygen atoms in total. The van der Waals surface area contributed by atoms with E-state index in [1.807, 2.05) is 6.07 Å². The number of amides is 1. The molecule has 1 aliphatic rings. The lowest BCUT2D eigenvalue weighted by Gasteiger charge is -2.23. The monoisotopic (exact) mass is 274 g/mol. The minimum absolute atomic E-state index is 0.204. The quantitative estimate of drug-likeness (QED) is 0.715. The molecule has 0 heterocycles. The fourth-order valence-electron chi connectivity index (χ4n) is 2.43. The normalized spacial score (nSPS) is 16.1. The number of rotatable bonds is 8. The third-order valence-electron chi connectivity index (χ3n) is 3.71. The Hall–Kier alpha value is -1.35. The van der Waals surface area contributed by atoms with E-state index in [2.05, 4.69) is 48.7 Å². The SMILES string of the molecule is CC(C)C(NCCCC(=O)NC1CC1)c1ccccc1. The molecule has 1 aromatic rings. The zero-order valence-electron chi connectivity index (χ0n) is 12.6. The zero-order valence-corrected chi connectivity index (χ0v) is 12.6. The van der Waals surface area contributed by atoms with Gasteiger partial charge >= 0.3 is 0 Å². The van der Waals surface area contributed by atoms with Gasteiger partial charge in [0.1, 0.15) is 0 Å². The van der Waals surface area contributed by atoms with Gasteiger partial charge in [0.2, 0.25) is 5.91 Å². The number of carbonyl (C=O) groups excluding carboxylic acids is 1. The molecule has 1 fully saturated rings. The summed E-state index contributed by atoms with van der Waals surface area (Å²) < 4.78 is 0. The zero-order chi connectivity index (χ0) is 14.4. The molecular formula is C17H26N2O. The van der Waals surface area contributed by atoms with E-state index < -0.39 is 0 Å². The molecule has 110 valence electrons. The van der Waals surface area contributed by atoms with Crippen LogP contribution in [0.5, 0.6) is 0 Å². The summed E-state index contributed by atoms with van der Waals surface area (Å²) >= 11 is 0. The van der Waals surface area contributed by atoms with E-state index in [1.54, 1.807) is 0 Å². The largest absolute Gasteiger partial charge is 0.353 e. The molecule has 0 radical (unpaired) electrons. The van der Waals surface area contributed by atoms with E-state index in [1.165, 1.54) is 5.56 Å². The van der Waals surface area contributed by atoms with Crippen LogP contribution in [0.4, 0.5) is 0 Å². The molecule has 0 spiro atoms. The van der Waals surface area contributed by atoms with E-state index in [9.17, 15) is 4.79 Å². The van der Waals surface area contributed by atoms with Gasteiger partial charge in [-0.05, 0) is 37.3 Å². The summed E-state index contributed by atoms with van der Waals surface area (Å²) in [4.78, 5) is 11.6. The van der Waals surface area contributed by atoms with Gasteiger partial charge in [0.15, 0.2) is 0 Å². The first-order chi connectivity index (χ1) is 9.66. The highest BCUT2D eigenvalue weighted by molar-refractivity contribution is 5.76. The molecule has 0 bridgehead atoms. The highest BCUT2D eigenvalue weighted by atomic mass is 16.1. The van der Waals surface area contributed by atoms with Gasteiger partial charge in [-0.15, -0.1) is 0 Å². The van der Waals surface area contributed by atoms with Crippen molar-refractivity contribution in [3.8, 4) is 0 Å². The lowest BCUT2D eigenvalue weighted by Crippen LogP contribution is -2.29. The Bertz CT molecular complexity index is 412. The van der Waals surface area contributed by atoms with Crippen molar-refractivity contribution in [3.63, 3.8) is 0 Å². The van der Waals surface area contributed by atoms with Crippen molar-refractivity contribution in [1.29, 1.82) is 0 Å². The Morgan fingerprint density at radius 3 is 2.55 bits per heavy atom. The predicted octanol–water partition coefficient (Wildman–Crippen LogP) is 3.03. The molecule has 2 rings (SSSR count). The minimum atomic E-state index is 0.204. The minimum Gasteiger partial charge on any atom is -0.353 e. The molecule has 1 aliphatic carbocycles. The van der Waals surface area contributed by atoms with Crippen LogP contribution in [0, 0.1) is 5.92 Å². The summed E-state index contributed by atoms with van der Waals surface area (Å²) in [5.74, 6) is 0.743. The number of hydrogen-bond acceptors (Lipinski definition) is 2. The average molecular weight is 274 g/mol. The first-order valence-corrected chi connectivity index (χ1v) is 7.74. The van der Waals surface area contributed by atoms with Crippen molar-refractivity contribution >= 4 is 5.91 Å². The maximum Gasteiger partial charge on any atom is 0.220 e. The smallest absolute Gasteiger partial charge is 0.220 e. The van der Waals surface area contributed by atoms with Crippen LogP contribution in [-0.4, -0.2) is 18.5 Å². The van der Waals surface area contributed by atoms with Gasteiger partial charge in [-0.3, -0.25) is 4.79 Å². The highest BCUT2D eigenvalue weighted by Gasteiger charge is 2.22. The van der Waals surface area contributed by atoms with Crippen molar-refractivity contribution in [2.75, 3.05) is 6.54 Å². The summed E-state index contributed by atoms with van der Waals surface area (Å²) in [5, 5.41) is 6.61. The summed E-state index contributed by atoms with van der Waals surface area (Å²) in [7, 11) is 0. The molecule has 0 saturated heterocycles. The molecular weight excluding hydrogens is 248 g/mol. The van der Waals surface area contributed by atoms with Crippen molar-refractivity contribution in [3.05, 3.63) is 35.9 Å². The first kappa shape index (κ1) is 15.0. The van der Waals surface area contributed by atoms with E-state index >= 15 is 0 Å². The molecule has 3 heteroatoms. The fourth-order valence-corrected chi connectivity index (χ4v) is 2.43. The number of nitrogens with one attached hydrogen (secondary N) is 2. The summed E-state index contributed by atoms with van der Waals surface area (Å²) in [6.45, 7) is 5.34. The van der Waals surface area contributed by atoms with Crippen LogP contribution in [0.1, 0.15) is 51.1 Å². The lowest BCUT2D eigenvalue weighted by molar-refractivity contribution is -0.121. The van der Waals surface area contributed by atoms with E-state index in [4.69, 9.17) is 0 Å². The summed E-state index contributed by atoms with van der Waals surface area (Å²) in [6.07, 6.45) is 3.85. The van der Waals surface area contributed by atoms with Gasteiger partial charge in [0.05, 0.1) is 0 Å². The number of benzene rings is 1. The third-order valence-corrected chi connectivity index (χ3v) is 3.71. The highest BCUT2D eigenvalue weighted by Crippen LogP contribution is 2.21. The van der Waals surface area contributed by atoms with Crippen LogP contribution in [0.2, 0.25) is 0 Å². The Morgan fingerprint density at radius 1 is 1.25 bits per heavy atom. The second-order valence-corrected chi connectivity index (χ2v) is 6.03. The molecule has 0 aromatic heterocycles. The third kappa shape index (κ3) is 4.97. The summed E-state index contributed by atoms with van der Waals surface area (Å²) in [6, 6.07) is 11.4. The van der Waals surface area contributed by atoms with Crippen LogP contribution < -0.4 is 10.6 Å². The predicted molar refractivity (Wildman–Crippen MR) is 82.4 cm³/mol. The Morgan fingerprint density at radius 2 is 1.95 bits per heavy atom. The molecule has 1 atom stereocenters. The van der Waals surface area contributed by atoms with Crippen molar-refractivity contribution in [2.24, 2.45) is 5.92 Å². The van der Waals surface area contributed by atoms with E-state index in [0.29, 0.717) is 24.4 Å². The second-order valence-electron chi connectivity index (χ2n) is 6.03. The van der Waals surface area contributed by atoms with Gasteiger partial charge in [-0.1, -0.05) is 44.2 Å². The molecule has 1 unspecified atom stereocenters. The number of carbonyl (C=O) groups is 1. The number of hydrogen-bond donors (Lipinski definition) is 2. The lowest BCUT2D eigenvalue weighted by atomic mass is 9.96. The van der Waals surface area contributed by atoms with Crippen LogP contribution in [-0.2, 0) is 4.79 Å². The van der Waals surface area contributed by atoms with Gasteiger partial charge < -0.3 is 10.6 Å². The molecule has 1 aromatic carbocycles. The molecule has 1 amide bonds. The molecule has 2 N–H and O–H groups in total. The van der Waals surface area contributed by atoms with Crippen molar-refractivity contribution in [2.45, 2.75) is 51.6 Å². The molecule has 1 saturated carbocycles. The van der Waals surface area contributed by atoms with Crippen molar-refractivity contribution < 1.29 is 4.79 Å². The van der Waals surface area contributed by atoms with Gasteiger partial charge in [-0.25, -0.2) is 0 Å². The Kier molecular flexibility index (Phi) is 5.60. The first-order valence-electron chi connectivity index (χ1n) is 7.74. The second kappa shape index (κ2) is 7.44. The average Bonchev–Trinajstić information content (AvgIpc) is 3.23. The van der Waals surface area contributed by atoms with Gasteiger partial charge in [0.25, 0.3) is 0 Å². The van der Waals surface area contributed by atoms with Gasteiger partial charge in [0, 0.05) is 18.5 Å². The van der Waals surface area contributed by atoms with Gasteiger partial charge in [-0.2, -0.15) is 0 Å². The fraction of sp³-hybridized carbons (Fsp3) is 0.588. The maximum absolute atomic E-state index is 11.6. The topological polar surface area (TPSA) is 41.1 Å². The Labute approximate surface area is 122 Å². The van der Waals surface area contributed by atoms with Crippen LogP contribution in [0.25, 0.3) is 0 Å². The maximum atomic E-state index is 11.6. The summed E-state index contributed by atoms with van der Waals surface area (Å²) in [5.41, 5.74) is 1.32. The van der Waals surface area contributed by atoms with Crippen LogP contribution >= 0.6 is 0 Å². The molecule has 0 aliphatic heterocycles. The van der Waals surface area contributed by atoms with Crippen LogP contribution in [0.15, 0.2) is 30.3 Å². The van der Waals surface area contributed by atoms with E-state index in [0.717, 1.165) is 25.8 Å². The standard InChI is InChI=1S/C17H26N2O/c1-13(2)17(14-7-4-3-5-8-14)18-12-6-9-16(20)19-15-10-11-15/h3-5,7-8,13,15,17-18H,6,9-12H2,1-2H3,(H,19,20). The van der Waals surface area contributed by atoms with Crippen molar-refractivity contribution in [1.82, 2.24) is 10.6 Å².